The molecule has 0 unspecified atom stereocenters. The molecule has 2 heterocycles. The number of primary amides is 1. The Bertz CT molecular complexity index is 865. The molecule has 0 aromatic carbocycles. The SMILES string of the molecule is Cc1ccc(C(=O)Nc2sc(S(=O)(=O)N(C)C)cc2C(N)=O)s1. The zero-order valence-corrected chi connectivity index (χ0v) is 15.1. The maximum atomic E-state index is 12.2. The molecule has 0 saturated carbocycles. The van der Waals surface area contributed by atoms with Crippen LogP contribution in [-0.2, 0) is 10.0 Å². The van der Waals surface area contributed by atoms with Crippen molar-refractivity contribution in [3.05, 3.63) is 33.5 Å². The van der Waals surface area contributed by atoms with Crippen molar-refractivity contribution in [1.29, 1.82) is 0 Å². The molecule has 2 aromatic rings. The van der Waals surface area contributed by atoms with E-state index in [0.29, 0.717) is 4.88 Å². The van der Waals surface area contributed by atoms with Crippen LogP contribution in [0.25, 0.3) is 0 Å². The summed E-state index contributed by atoms with van der Waals surface area (Å²) in [7, 11) is -0.952. The molecule has 0 aliphatic carbocycles. The van der Waals surface area contributed by atoms with Crippen LogP contribution in [0, 0.1) is 6.92 Å². The van der Waals surface area contributed by atoms with Crippen LogP contribution in [0.2, 0.25) is 0 Å². The van der Waals surface area contributed by atoms with Gasteiger partial charge >= 0.3 is 0 Å². The Morgan fingerprint density at radius 3 is 2.35 bits per heavy atom. The molecule has 2 amide bonds. The number of hydrogen-bond donors (Lipinski definition) is 2. The number of thiophene rings is 2. The summed E-state index contributed by atoms with van der Waals surface area (Å²) in [6, 6.07) is 4.63. The molecule has 10 heteroatoms. The van der Waals surface area contributed by atoms with E-state index in [1.807, 2.05) is 6.92 Å². The summed E-state index contributed by atoms with van der Waals surface area (Å²) in [4.78, 5) is 25.1. The van der Waals surface area contributed by atoms with Gasteiger partial charge in [0.15, 0.2) is 0 Å². The van der Waals surface area contributed by atoms with E-state index in [1.165, 1.54) is 31.5 Å². The molecule has 0 bridgehead atoms. The fourth-order valence-corrected chi connectivity index (χ4v) is 4.97. The topological polar surface area (TPSA) is 110 Å². The molecule has 0 saturated heterocycles. The van der Waals surface area contributed by atoms with Gasteiger partial charge in [0.1, 0.15) is 9.21 Å². The van der Waals surface area contributed by atoms with Gasteiger partial charge in [-0.2, -0.15) is 0 Å². The molecule has 23 heavy (non-hydrogen) atoms. The molecule has 3 N–H and O–H groups in total. The van der Waals surface area contributed by atoms with Gasteiger partial charge in [0.25, 0.3) is 21.8 Å². The zero-order valence-electron chi connectivity index (χ0n) is 12.6. The number of anilines is 1. The van der Waals surface area contributed by atoms with E-state index in [9.17, 15) is 18.0 Å². The lowest BCUT2D eigenvalue weighted by Crippen LogP contribution is -2.21. The molecule has 0 aliphatic rings. The molecule has 0 spiro atoms. The van der Waals surface area contributed by atoms with E-state index in [0.717, 1.165) is 20.5 Å². The number of rotatable bonds is 5. The molecule has 0 radical (unpaired) electrons. The second kappa shape index (κ2) is 6.40. The normalized spacial score (nSPS) is 11.7. The Kier molecular flexibility index (Phi) is 4.90. The molecule has 0 fully saturated rings. The highest BCUT2D eigenvalue weighted by molar-refractivity contribution is 7.91. The van der Waals surface area contributed by atoms with Crippen LogP contribution < -0.4 is 11.1 Å². The fraction of sp³-hybridized carbons (Fsp3) is 0.231. The first-order valence-corrected chi connectivity index (χ1v) is 9.44. The number of hydrogen-bond acceptors (Lipinski definition) is 6. The Morgan fingerprint density at radius 1 is 1.22 bits per heavy atom. The number of nitrogens with zero attached hydrogens (tertiary/aromatic N) is 1. The van der Waals surface area contributed by atoms with E-state index in [1.54, 1.807) is 12.1 Å². The van der Waals surface area contributed by atoms with Crippen LogP contribution in [0.1, 0.15) is 24.9 Å². The Morgan fingerprint density at radius 2 is 1.87 bits per heavy atom. The van der Waals surface area contributed by atoms with Crippen molar-refractivity contribution >= 4 is 49.5 Å². The van der Waals surface area contributed by atoms with Gasteiger partial charge in [-0.3, -0.25) is 9.59 Å². The van der Waals surface area contributed by atoms with Crippen LogP contribution in [0.15, 0.2) is 22.4 Å². The number of aryl methyl sites for hydroxylation is 1. The number of carbonyl (C=O) groups excluding carboxylic acids is 2. The number of nitrogens with one attached hydrogen (secondary N) is 1. The molecule has 124 valence electrons. The third kappa shape index (κ3) is 3.61. The average molecular weight is 373 g/mol. The largest absolute Gasteiger partial charge is 0.366 e. The minimum absolute atomic E-state index is 0.0305. The van der Waals surface area contributed by atoms with E-state index in [4.69, 9.17) is 5.73 Å². The first kappa shape index (κ1) is 17.6. The minimum atomic E-state index is -3.71. The van der Waals surface area contributed by atoms with Crippen molar-refractivity contribution in [3.8, 4) is 0 Å². The fourth-order valence-electron chi connectivity index (χ4n) is 1.67. The monoisotopic (exact) mass is 373 g/mol. The van der Waals surface area contributed by atoms with Crippen molar-refractivity contribution in [1.82, 2.24) is 4.31 Å². The number of sulfonamides is 1. The Hall–Kier alpha value is -1.75. The highest BCUT2D eigenvalue weighted by Gasteiger charge is 2.25. The van der Waals surface area contributed by atoms with E-state index in [2.05, 4.69) is 5.32 Å². The lowest BCUT2D eigenvalue weighted by molar-refractivity contribution is 0.100. The van der Waals surface area contributed by atoms with E-state index < -0.39 is 21.8 Å². The minimum Gasteiger partial charge on any atom is -0.366 e. The second-order valence-electron chi connectivity index (χ2n) is 4.82. The molecule has 0 atom stereocenters. The summed E-state index contributed by atoms with van der Waals surface area (Å²) in [5.41, 5.74) is 5.25. The predicted octanol–water partition coefficient (Wildman–Crippen LogP) is 1.72. The summed E-state index contributed by atoms with van der Waals surface area (Å²) >= 11 is 2.09. The van der Waals surface area contributed by atoms with Gasteiger partial charge < -0.3 is 11.1 Å². The summed E-state index contributed by atoms with van der Waals surface area (Å²) in [5, 5.41) is 2.68. The first-order valence-electron chi connectivity index (χ1n) is 6.37. The second-order valence-corrected chi connectivity index (χ2v) is 9.54. The summed E-state index contributed by atoms with van der Waals surface area (Å²) < 4.78 is 25.3. The lowest BCUT2D eigenvalue weighted by atomic mass is 10.3. The third-order valence-corrected chi connectivity index (χ3v) is 7.22. The zero-order chi connectivity index (χ0) is 17.4. The summed E-state index contributed by atoms with van der Waals surface area (Å²) in [6.07, 6.45) is 0. The molecular formula is C13H15N3O4S3. The van der Waals surface area contributed by atoms with Gasteiger partial charge in [-0.25, -0.2) is 12.7 Å². The van der Waals surface area contributed by atoms with Gasteiger partial charge in [0.2, 0.25) is 0 Å². The van der Waals surface area contributed by atoms with E-state index in [-0.39, 0.29) is 14.8 Å². The maximum absolute atomic E-state index is 12.2. The van der Waals surface area contributed by atoms with Gasteiger partial charge in [-0.1, -0.05) is 0 Å². The van der Waals surface area contributed by atoms with E-state index >= 15 is 0 Å². The van der Waals surface area contributed by atoms with Crippen molar-refractivity contribution < 1.29 is 18.0 Å². The number of amides is 2. The summed E-state index contributed by atoms with van der Waals surface area (Å²) in [6.45, 7) is 1.86. The Balaban J connectivity index is 2.40. The van der Waals surface area contributed by atoms with Crippen LogP contribution in [0.4, 0.5) is 5.00 Å². The van der Waals surface area contributed by atoms with Crippen molar-refractivity contribution in [2.75, 3.05) is 19.4 Å². The summed E-state index contributed by atoms with van der Waals surface area (Å²) in [5.74, 6) is -1.22. The van der Waals surface area contributed by atoms with Gasteiger partial charge in [0.05, 0.1) is 10.4 Å². The number of carbonyl (C=O) groups is 2. The predicted molar refractivity (Wildman–Crippen MR) is 90.7 cm³/mol. The first-order chi connectivity index (χ1) is 10.6. The average Bonchev–Trinajstić information content (AvgIpc) is 3.05. The van der Waals surface area contributed by atoms with Gasteiger partial charge in [-0.05, 0) is 25.1 Å². The lowest BCUT2D eigenvalue weighted by Gasteiger charge is -2.08. The van der Waals surface area contributed by atoms with Crippen LogP contribution >= 0.6 is 22.7 Å². The molecule has 0 aliphatic heterocycles. The quantitative estimate of drug-likeness (QED) is 0.831. The highest BCUT2D eigenvalue weighted by atomic mass is 32.2. The van der Waals surface area contributed by atoms with Crippen molar-refractivity contribution in [2.45, 2.75) is 11.1 Å². The highest BCUT2D eigenvalue weighted by Crippen LogP contribution is 2.33. The maximum Gasteiger partial charge on any atom is 0.266 e. The Labute approximate surface area is 141 Å². The molecule has 2 aromatic heterocycles. The van der Waals surface area contributed by atoms with Crippen LogP contribution in [0.3, 0.4) is 0 Å². The van der Waals surface area contributed by atoms with Crippen LogP contribution in [0.5, 0.6) is 0 Å². The molecule has 7 nitrogen and oxygen atoms in total. The molecular weight excluding hydrogens is 358 g/mol. The standard InChI is InChI=1S/C13H15N3O4S3/c1-7-4-5-9(21-7)12(18)15-13-8(11(14)17)6-10(22-13)23(19,20)16(2)3/h4-6H,1-3H3,(H2,14,17)(H,15,18). The third-order valence-electron chi connectivity index (χ3n) is 2.90. The van der Waals surface area contributed by atoms with Crippen molar-refractivity contribution in [3.63, 3.8) is 0 Å². The van der Waals surface area contributed by atoms with Gasteiger partial charge in [-0.15, -0.1) is 22.7 Å². The number of nitrogens with two attached hydrogens (primary N) is 1. The molecule has 2 rings (SSSR count). The smallest absolute Gasteiger partial charge is 0.266 e. The van der Waals surface area contributed by atoms with Crippen molar-refractivity contribution in [2.24, 2.45) is 5.73 Å². The van der Waals surface area contributed by atoms with Gasteiger partial charge in [0, 0.05) is 19.0 Å². The van der Waals surface area contributed by atoms with Crippen LogP contribution in [-0.4, -0.2) is 38.6 Å².